The lowest BCUT2D eigenvalue weighted by atomic mass is 9.99. The van der Waals surface area contributed by atoms with Gasteiger partial charge in [0.1, 0.15) is 27.7 Å². The van der Waals surface area contributed by atoms with Crippen LogP contribution in [0.25, 0.3) is 32.4 Å². The number of rotatable bonds is 6. The molecule has 5 aromatic rings. The van der Waals surface area contributed by atoms with Crippen LogP contribution in [-0.4, -0.2) is 35.9 Å². The van der Waals surface area contributed by atoms with Crippen LogP contribution in [0.3, 0.4) is 0 Å². The maximum absolute atomic E-state index is 16.4. The molecule has 0 radical (unpaired) electrons. The first-order chi connectivity index (χ1) is 18.2. The number of nitrogens with zero attached hydrogens (tertiary/aromatic N) is 4. The molecule has 0 aliphatic carbocycles. The zero-order chi connectivity index (χ0) is 27.2. The molecule has 1 amide bonds. The van der Waals surface area contributed by atoms with Crippen molar-refractivity contribution < 1.29 is 31.1 Å². The van der Waals surface area contributed by atoms with Crippen molar-refractivity contribution in [1.82, 2.24) is 14.8 Å². The van der Waals surface area contributed by atoms with Gasteiger partial charge in [-0.15, -0.1) is 0 Å². The lowest BCUT2D eigenvalue weighted by molar-refractivity contribution is 0.157. The van der Waals surface area contributed by atoms with Crippen LogP contribution >= 0.6 is 0 Å². The number of sulfonamides is 1. The van der Waals surface area contributed by atoms with E-state index in [-0.39, 0.29) is 21.8 Å². The SMILES string of the molecule is CCCOC(=O)N(c1ccc2c3cnccc3c3cn(CC)nc3c2c1F)S(=O)(=O)c1cc(F)ccc1F. The average Bonchev–Trinajstić information content (AvgIpc) is 3.34. The van der Waals surface area contributed by atoms with Gasteiger partial charge in [-0.25, -0.2) is 26.4 Å². The van der Waals surface area contributed by atoms with Gasteiger partial charge in [0.2, 0.25) is 0 Å². The second-order valence-electron chi connectivity index (χ2n) is 8.45. The Labute approximate surface area is 215 Å². The number of hydrogen-bond donors (Lipinski definition) is 0. The minimum atomic E-state index is -5.16. The molecule has 0 bridgehead atoms. The van der Waals surface area contributed by atoms with E-state index in [0.29, 0.717) is 41.3 Å². The normalized spacial score (nSPS) is 11.9. The number of fused-ring (bicyclic) bond motifs is 6. The highest BCUT2D eigenvalue weighted by atomic mass is 32.2. The van der Waals surface area contributed by atoms with E-state index < -0.39 is 44.2 Å². The fourth-order valence-electron chi connectivity index (χ4n) is 4.33. The first-order valence-electron chi connectivity index (χ1n) is 11.7. The molecule has 12 heteroatoms. The third-order valence-corrected chi connectivity index (χ3v) is 7.77. The monoisotopic (exact) mass is 542 g/mol. The number of ether oxygens (including phenoxy) is 1. The van der Waals surface area contributed by atoms with E-state index in [1.165, 1.54) is 6.07 Å². The molecule has 2 aromatic heterocycles. The molecule has 0 unspecified atom stereocenters. The van der Waals surface area contributed by atoms with Crippen molar-refractivity contribution in [3.05, 3.63) is 72.4 Å². The van der Waals surface area contributed by atoms with Crippen LogP contribution in [0.15, 0.2) is 59.9 Å². The lowest BCUT2D eigenvalue weighted by Crippen LogP contribution is -2.38. The topological polar surface area (TPSA) is 94.4 Å². The third-order valence-electron chi connectivity index (χ3n) is 6.07. The molecule has 0 N–H and O–H groups in total. The number of amides is 1. The Morgan fingerprint density at radius 3 is 2.55 bits per heavy atom. The summed E-state index contributed by atoms with van der Waals surface area (Å²) in [5.41, 5.74) is -0.492. The summed E-state index contributed by atoms with van der Waals surface area (Å²) in [5.74, 6) is -3.48. The minimum absolute atomic E-state index is 0.0192. The standard InChI is InChI=1S/C26H21F3N4O4S/c1-3-11-37-26(34)33(38(35,36)22-12-15(27)5-7-20(22)28)21-8-6-17-18-13-30-10-9-16(18)19-14-32(4-2)31-25(19)23(17)24(21)29/h5-10,12-14H,3-4,11H2,1-2H3. The largest absolute Gasteiger partial charge is 0.448 e. The molecule has 0 atom stereocenters. The molecule has 8 nitrogen and oxygen atoms in total. The van der Waals surface area contributed by atoms with Crippen LogP contribution in [0.1, 0.15) is 20.3 Å². The molecule has 5 rings (SSSR count). The Hall–Kier alpha value is -4.19. The van der Waals surface area contributed by atoms with Crippen molar-refractivity contribution in [2.45, 2.75) is 31.7 Å². The fourth-order valence-corrected chi connectivity index (χ4v) is 5.76. The van der Waals surface area contributed by atoms with Crippen LogP contribution in [0.5, 0.6) is 0 Å². The quantitative estimate of drug-likeness (QED) is 0.247. The molecule has 0 spiro atoms. The van der Waals surface area contributed by atoms with Crippen molar-refractivity contribution in [2.75, 3.05) is 10.9 Å². The zero-order valence-electron chi connectivity index (χ0n) is 20.3. The molecular formula is C26H21F3N4O4S. The molecule has 196 valence electrons. The number of aryl methyl sites for hydroxylation is 1. The van der Waals surface area contributed by atoms with Crippen LogP contribution < -0.4 is 4.31 Å². The molecule has 3 aromatic carbocycles. The van der Waals surface area contributed by atoms with Gasteiger partial charge < -0.3 is 4.74 Å². The van der Waals surface area contributed by atoms with Crippen LogP contribution in [0.2, 0.25) is 0 Å². The van der Waals surface area contributed by atoms with Crippen LogP contribution in [0, 0.1) is 17.5 Å². The van der Waals surface area contributed by atoms with Crippen LogP contribution in [0.4, 0.5) is 23.7 Å². The number of aromatic nitrogens is 3. The summed E-state index contributed by atoms with van der Waals surface area (Å²) < 4.78 is 78.7. The molecular weight excluding hydrogens is 521 g/mol. The molecule has 0 aliphatic rings. The van der Waals surface area contributed by atoms with Gasteiger partial charge in [0.25, 0.3) is 10.0 Å². The van der Waals surface area contributed by atoms with Crippen molar-refractivity contribution in [1.29, 1.82) is 0 Å². The number of halogens is 3. The molecule has 0 aliphatic heterocycles. The van der Waals surface area contributed by atoms with Crippen molar-refractivity contribution in [2.24, 2.45) is 0 Å². The lowest BCUT2D eigenvalue weighted by Gasteiger charge is -2.23. The van der Waals surface area contributed by atoms with E-state index in [1.807, 2.05) is 6.92 Å². The molecule has 0 saturated heterocycles. The average molecular weight is 543 g/mol. The molecule has 2 heterocycles. The van der Waals surface area contributed by atoms with Gasteiger partial charge in [-0.2, -0.15) is 9.40 Å². The number of carbonyl (C=O) groups excluding carboxylic acids is 1. The van der Waals surface area contributed by atoms with Gasteiger partial charge in [0.15, 0.2) is 5.82 Å². The van der Waals surface area contributed by atoms with Gasteiger partial charge in [-0.05, 0) is 54.4 Å². The minimum Gasteiger partial charge on any atom is -0.448 e. The van der Waals surface area contributed by atoms with Crippen molar-refractivity contribution >= 4 is 54.3 Å². The van der Waals surface area contributed by atoms with E-state index in [4.69, 9.17) is 4.74 Å². The number of pyridine rings is 1. The highest BCUT2D eigenvalue weighted by molar-refractivity contribution is 7.93. The second-order valence-corrected chi connectivity index (χ2v) is 10.2. The third kappa shape index (κ3) is 4.01. The highest BCUT2D eigenvalue weighted by Gasteiger charge is 2.37. The number of anilines is 1. The Bertz CT molecular complexity index is 1840. The number of benzene rings is 3. The van der Waals surface area contributed by atoms with Crippen molar-refractivity contribution in [3.63, 3.8) is 0 Å². The van der Waals surface area contributed by atoms with E-state index in [2.05, 4.69) is 10.1 Å². The number of hydrogen-bond acceptors (Lipinski definition) is 6. The molecule has 0 saturated carbocycles. The Balaban J connectivity index is 1.85. The van der Waals surface area contributed by atoms with E-state index in [0.717, 1.165) is 17.5 Å². The maximum atomic E-state index is 16.4. The first-order valence-corrected chi connectivity index (χ1v) is 13.1. The molecule has 0 fully saturated rings. The summed E-state index contributed by atoms with van der Waals surface area (Å²) in [6.45, 7) is 3.82. The summed E-state index contributed by atoms with van der Waals surface area (Å²) in [6.07, 6.45) is 3.74. The van der Waals surface area contributed by atoms with Gasteiger partial charge in [0, 0.05) is 41.3 Å². The van der Waals surface area contributed by atoms with Gasteiger partial charge in [-0.1, -0.05) is 13.0 Å². The van der Waals surface area contributed by atoms with Gasteiger partial charge in [-0.3, -0.25) is 9.67 Å². The highest BCUT2D eigenvalue weighted by Crippen LogP contribution is 2.40. The summed E-state index contributed by atoms with van der Waals surface area (Å²) in [7, 11) is -5.16. The number of carbonyl (C=O) groups is 1. The van der Waals surface area contributed by atoms with Crippen molar-refractivity contribution in [3.8, 4) is 0 Å². The van der Waals surface area contributed by atoms with E-state index >= 15 is 4.39 Å². The Morgan fingerprint density at radius 1 is 1.03 bits per heavy atom. The first kappa shape index (κ1) is 25.5. The summed E-state index contributed by atoms with van der Waals surface area (Å²) >= 11 is 0. The zero-order valence-corrected chi connectivity index (χ0v) is 21.1. The predicted molar refractivity (Wildman–Crippen MR) is 136 cm³/mol. The maximum Gasteiger partial charge on any atom is 0.428 e. The summed E-state index contributed by atoms with van der Waals surface area (Å²) in [6, 6.07) is 6.02. The fraction of sp³-hybridized carbons (Fsp3) is 0.192. The van der Waals surface area contributed by atoms with E-state index in [9.17, 15) is 22.0 Å². The molecule has 38 heavy (non-hydrogen) atoms. The van der Waals surface area contributed by atoms with E-state index in [1.54, 1.807) is 36.3 Å². The summed E-state index contributed by atoms with van der Waals surface area (Å²) in [5, 5.41) is 6.71. The predicted octanol–water partition coefficient (Wildman–Crippen LogP) is 5.92. The van der Waals surface area contributed by atoms with Crippen LogP contribution in [-0.2, 0) is 21.3 Å². The Kier molecular flexibility index (Phi) is 6.43. The second kappa shape index (κ2) is 9.60. The Morgan fingerprint density at radius 2 is 1.82 bits per heavy atom. The van der Waals surface area contributed by atoms with Gasteiger partial charge in [0.05, 0.1) is 6.61 Å². The summed E-state index contributed by atoms with van der Waals surface area (Å²) in [4.78, 5) is 16.0. The van der Waals surface area contributed by atoms with Gasteiger partial charge >= 0.3 is 6.09 Å². The smallest absolute Gasteiger partial charge is 0.428 e.